The van der Waals surface area contributed by atoms with Gasteiger partial charge in [-0.15, -0.1) is 0 Å². The SMILES string of the molecule is C[n+]1cn2c3c(cccc31)C1(c3ccc(Oc4ccc5c6ccccc6n(-c6ccccn6)c5c4)cc3-2)c2c(cc(C(C)(C)C)cc2C(C)(C)C)-c2cc(C(C)(C)C)cc(C(C)(C)C)c21. The van der Waals surface area contributed by atoms with Crippen LogP contribution in [0.25, 0.3) is 55.5 Å². The van der Waals surface area contributed by atoms with Crippen LogP contribution < -0.4 is 9.30 Å². The highest BCUT2D eigenvalue weighted by Gasteiger charge is 2.56. The van der Waals surface area contributed by atoms with Crippen LogP contribution in [0.4, 0.5) is 0 Å². The second-order valence-corrected chi connectivity index (χ2v) is 22.9. The molecular formula is C60H61N4O+. The fraction of sp³-hybridized carbons (Fsp3) is 0.300. The summed E-state index contributed by atoms with van der Waals surface area (Å²) < 4.78 is 14.0. The molecule has 3 aromatic heterocycles. The van der Waals surface area contributed by atoms with Crippen molar-refractivity contribution in [2.24, 2.45) is 7.05 Å². The number of aryl methyl sites for hydroxylation is 1. The lowest BCUT2D eigenvalue weighted by molar-refractivity contribution is -0.645. The lowest BCUT2D eigenvalue weighted by Crippen LogP contribution is -2.38. The average molecular weight is 854 g/mol. The molecule has 0 fully saturated rings. The number of aromatic nitrogens is 4. The third-order valence-corrected chi connectivity index (χ3v) is 14.4. The van der Waals surface area contributed by atoms with Gasteiger partial charge in [0, 0.05) is 40.2 Å². The maximum atomic E-state index is 7.03. The molecular weight excluding hydrogens is 793 g/mol. The van der Waals surface area contributed by atoms with E-state index in [4.69, 9.17) is 9.72 Å². The van der Waals surface area contributed by atoms with Crippen LogP contribution in [-0.2, 0) is 34.1 Å². The Morgan fingerprint density at radius 2 is 1.14 bits per heavy atom. The Labute approximate surface area is 384 Å². The van der Waals surface area contributed by atoms with E-state index in [1.54, 1.807) is 0 Å². The molecule has 2 aliphatic rings. The quantitative estimate of drug-likeness (QED) is 0.166. The molecule has 0 saturated carbocycles. The fourth-order valence-electron chi connectivity index (χ4n) is 11.2. The number of imidazole rings is 1. The van der Waals surface area contributed by atoms with E-state index in [9.17, 15) is 0 Å². The fourth-order valence-corrected chi connectivity index (χ4v) is 11.2. The van der Waals surface area contributed by atoms with E-state index >= 15 is 0 Å². The van der Waals surface area contributed by atoms with Crippen molar-refractivity contribution in [3.05, 3.63) is 178 Å². The highest BCUT2D eigenvalue weighted by molar-refractivity contribution is 6.09. The third kappa shape index (κ3) is 5.96. The van der Waals surface area contributed by atoms with Crippen molar-refractivity contribution in [3.8, 4) is 34.1 Å². The van der Waals surface area contributed by atoms with Crippen molar-refractivity contribution in [2.45, 2.75) is 110 Å². The van der Waals surface area contributed by atoms with E-state index in [-0.39, 0.29) is 21.7 Å². The van der Waals surface area contributed by atoms with Crippen molar-refractivity contribution in [3.63, 3.8) is 0 Å². The second-order valence-electron chi connectivity index (χ2n) is 22.9. The minimum atomic E-state index is -0.625. The smallest absolute Gasteiger partial charge is 0.249 e. The Morgan fingerprint density at radius 1 is 0.538 bits per heavy atom. The van der Waals surface area contributed by atoms with Crippen LogP contribution in [0.2, 0.25) is 0 Å². The van der Waals surface area contributed by atoms with Gasteiger partial charge in [-0.1, -0.05) is 144 Å². The number of ether oxygens (including phenoxy) is 1. The summed E-state index contributed by atoms with van der Waals surface area (Å²) in [5.41, 5.74) is 18.4. The minimum Gasteiger partial charge on any atom is -0.457 e. The number of para-hydroxylation sites is 2. The Kier molecular flexibility index (Phi) is 8.60. The largest absolute Gasteiger partial charge is 0.457 e. The van der Waals surface area contributed by atoms with Crippen molar-refractivity contribution in [1.82, 2.24) is 14.1 Å². The number of nitrogens with zero attached hydrogens (tertiary/aromatic N) is 4. The Balaban J connectivity index is 1.23. The van der Waals surface area contributed by atoms with Gasteiger partial charge in [0.15, 0.2) is 11.0 Å². The molecule has 1 aliphatic carbocycles. The minimum absolute atomic E-state index is 0.0480. The number of hydrogen-bond acceptors (Lipinski definition) is 2. The van der Waals surface area contributed by atoms with Crippen molar-refractivity contribution in [1.29, 1.82) is 0 Å². The summed E-state index contributed by atoms with van der Waals surface area (Å²) in [7, 11) is 2.18. The third-order valence-electron chi connectivity index (χ3n) is 14.4. The Morgan fingerprint density at radius 3 is 1.75 bits per heavy atom. The zero-order valence-electron chi connectivity index (χ0n) is 40.4. The van der Waals surface area contributed by atoms with E-state index in [1.807, 2.05) is 18.3 Å². The van der Waals surface area contributed by atoms with Crippen LogP contribution in [0.15, 0.2) is 134 Å². The Hall–Kier alpha value is -6.46. The van der Waals surface area contributed by atoms with E-state index in [1.165, 1.54) is 72.1 Å². The van der Waals surface area contributed by atoms with Crippen LogP contribution in [0.5, 0.6) is 11.5 Å². The van der Waals surface area contributed by atoms with Gasteiger partial charge >= 0.3 is 0 Å². The number of pyridine rings is 1. The monoisotopic (exact) mass is 853 g/mol. The molecule has 0 radical (unpaired) electrons. The summed E-state index contributed by atoms with van der Waals surface area (Å²) in [4.78, 5) is 4.78. The van der Waals surface area contributed by atoms with Gasteiger partial charge in [-0.3, -0.25) is 4.57 Å². The van der Waals surface area contributed by atoms with E-state index < -0.39 is 5.41 Å². The standard InChI is InChI=1S/C60H61N4O/c1-56(2,3)36-29-42-43-30-37(57(4,5)6)32-47(59(10,11)12)54(43)60(53(42)46(31-36)58(7,8)9)44-27-25-39(34-51(44)63-35-62(13)49-22-18-20-45(60)55(49)63)65-38-24-26-41-40-19-14-15-21-48(40)64(50(41)33-38)52-23-16-17-28-61-52/h14-35H,1-13H3/q+1. The molecule has 65 heavy (non-hydrogen) atoms. The molecule has 0 N–H and O–H groups in total. The molecule has 0 atom stereocenters. The second kappa shape index (κ2) is 13.5. The van der Waals surface area contributed by atoms with Gasteiger partial charge in [0.05, 0.1) is 23.5 Å². The molecule has 0 saturated heterocycles. The highest BCUT2D eigenvalue weighted by atomic mass is 16.5. The predicted molar refractivity (Wildman–Crippen MR) is 269 cm³/mol. The van der Waals surface area contributed by atoms with Gasteiger partial charge in [0.2, 0.25) is 6.33 Å². The number of hydrogen-bond donors (Lipinski definition) is 0. The van der Waals surface area contributed by atoms with E-state index in [0.717, 1.165) is 39.4 Å². The first kappa shape index (κ1) is 41.3. The van der Waals surface area contributed by atoms with E-state index in [2.05, 4.69) is 219 Å². The summed E-state index contributed by atoms with van der Waals surface area (Å²) in [6, 6.07) is 45.2. The van der Waals surface area contributed by atoms with Gasteiger partial charge < -0.3 is 4.74 Å². The molecule has 1 aliphatic heterocycles. The average Bonchev–Trinajstić information content (AvgIpc) is 3.87. The molecule has 326 valence electrons. The van der Waals surface area contributed by atoms with Gasteiger partial charge in [-0.2, -0.15) is 4.57 Å². The highest BCUT2D eigenvalue weighted by Crippen LogP contribution is 2.65. The van der Waals surface area contributed by atoms with Crippen LogP contribution in [0.1, 0.15) is 128 Å². The molecule has 5 nitrogen and oxygen atoms in total. The molecule has 0 unspecified atom stereocenters. The van der Waals surface area contributed by atoms with Crippen LogP contribution in [0, 0.1) is 0 Å². The molecule has 4 heterocycles. The van der Waals surface area contributed by atoms with Crippen LogP contribution in [-0.4, -0.2) is 14.1 Å². The molecule has 0 bridgehead atoms. The zero-order valence-corrected chi connectivity index (χ0v) is 40.4. The molecule has 1 spiro atoms. The first-order valence-electron chi connectivity index (χ1n) is 23.3. The summed E-state index contributed by atoms with van der Waals surface area (Å²) in [5, 5.41) is 2.35. The molecule has 0 amide bonds. The maximum absolute atomic E-state index is 7.03. The summed E-state index contributed by atoms with van der Waals surface area (Å²) in [6.07, 6.45) is 4.12. The predicted octanol–water partition coefficient (Wildman–Crippen LogP) is 14.6. The van der Waals surface area contributed by atoms with Crippen LogP contribution >= 0.6 is 0 Å². The first-order chi connectivity index (χ1) is 30.7. The van der Waals surface area contributed by atoms with Crippen LogP contribution in [0.3, 0.4) is 0 Å². The normalized spacial score (nSPS) is 14.4. The maximum Gasteiger partial charge on any atom is 0.249 e. The lowest BCUT2D eigenvalue weighted by atomic mass is 9.60. The molecule has 9 aromatic rings. The van der Waals surface area contributed by atoms with Gasteiger partial charge in [0.1, 0.15) is 23.0 Å². The number of rotatable bonds is 3. The van der Waals surface area contributed by atoms with Crippen molar-refractivity contribution in [2.75, 3.05) is 0 Å². The number of fused-ring (bicyclic) bond motifs is 12. The molecule has 5 heteroatoms. The van der Waals surface area contributed by atoms with E-state index in [0.29, 0.717) is 0 Å². The van der Waals surface area contributed by atoms with Gasteiger partial charge in [0.25, 0.3) is 0 Å². The summed E-state index contributed by atoms with van der Waals surface area (Å²) >= 11 is 0. The summed E-state index contributed by atoms with van der Waals surface area (Å²) in [6.45, 7) is 28.6. The lowest BCUT2D eigenvalue weighted by Gasteiger charge is -2.42. The van der Waals surface area contributed by atoms with Crippen molar-refractivity contribution >= 4 is 32.8 Å². The Bertz CT molecular complexity index is 3360. The molecule has 11 rings (SSSR count). The summed E-state index contributed by atoms with van der Waals surface area (Å²) in [5.74, 6) is 2.45. The topological polar surface area (TPSA) is 35.9 Å². The molecule has 6 aromatic carbocycles. The number of benzene rings is 6. The van der Waals surface area contributed by atoms with Gasteiger partial charge in [-0.05, 0) is 115 Å². The van der Waals surface area contributed by atoms with Crippen molar-refractivity contribution < 1.29 is 9.30 Å². The first-order valence-corrected chi connectivity index (χ1v) is 23.3. The zero-order chi connectivity index (χ0) is 45.7. The van der Waals surface area contributed by atoms with Gasteiger partial charge in [-0.25, -0.2) is 9.55 Å².